The van der Waals surface area contributed by atoms with Crippen LogP contribution in [0.1, 0.15) is 0 Å². The molecule has 1 rings (SSSR count). The maximum absolute atomic E-state index is 7.99. The molecule has 0 saturated heterocycles. The lowest BCUT2D eigenvalue weighted by atomic mass is 9.91. The van der Waals surface area contributed by atoms with Gasteiger partial charge in [0.1, 0.15) is 0 Å². The highest BCUT2D eigenvalue weighted by atomic mass is 17.1. The predicted molar refractivity (Wildman–Crippen MR) is 34.7 cm³/mol. The summed E-state index contributed by atoms with van der Waals surface area (Å²) in [6.07, 6.45) is 3.30. The van der Waals surface area contributed by atoms with Crippen LogP contribution in [0.5, 0.6) is 0 Å². The van der Waals surface area contributed by atoms with Gasteiger partial charge in [0.05, 0.1) is 0 Å². The summed E-state index contributed by atoms with van der Waals surface area (Å²) in [5, 5.41) is 7.99. The topological polar surface area (TPSA) is 42.4 Å². The molecule has 0 saturated carbocycles. The Balaban J connectivity index is 2.61. The third-order valence-corrected chi connectivity index (χ3v) is 0.954. The van der Waals surface area contributed by atoms with Crippen LogP contribution in [-0.4, -0.2) is 17.7 Å². The minimum Gasteiger partial charge on any atom is -0.306 e. The van der Waals surface area contributed by atoms with Gasteiger partial charge in [-0.15, -0.1) is 0 Å². The van der Waals surface area contributed by atoms with Crippen molar-refractivity contribution in [3.8, 4) is 0 Å². The molecule has 3 nitrogen and oxygen atoms in total. The highest BCUT2D eigenvalue weighted by molar-refractivity contribution is 6.46. The molecule has 0 aliphatic carbocycles. The molecule has 0 aliphatic heterocycles. The molecular weight excluding hydrogens is 117 g/mol. The second-order valence-corrected chi connectivity index (χ2v) is 1.63. The molecule has 0 spiro atoms. The summed E-state index contributed by atoms with van der Waals surface area (Å²) in [5.74, 6) is 0. The van der Waals surface area contributed by atoms with Crippen molar-refractivity contribution in [3.05, 3.63) is 24.5 Å². The van der Waals surface area contributed by atoms with Crippen molar-refractivity contribution in [2.24, 2.45) is 0 Å². The molecule has 0 unspecified atom stereocenters. The van der Waals surface area contributed by atoms with E-state index in [9.17, 15) is 0 Å². The van der Waals surface area contributed by atoms with Crippen LogP contribution in [0.4, 0.5) is 0 Å². The fourth-order valence-electron chi connectivity index (χ4n) is 0.558. The molecule has 1 N–H and O–H groups in total. The van der Waals surface area contributed by atoms with E-state index in [4.69, 9.17) is 5.26 Å². The summed E-state index contributed by atoms with van der Waals surface area (Å²) in [7, 11) is 0.202. The third kappa shape index (κ3) is 1.83. The monoisotopic (exact) mass is 123 g/mol. The fourth-order valence-corrected chi connectivity index (χ4v) is 0.558. The first-order valence-electron chi connectivity index (χ1n) is 2.59. The third-order valence-electron chi connectivity index (χ3n) is 0.954. The second kappa shape index (κ2) is 3.22. The van der Waals surface area contributed by atoms with Crippen molar-refractivity contribution in [2.45, 2.75) is 0 Å². The minimum absolute atomic E-state index is 0.202. The Morgan fingerprint density at radius 3 is 3.11 bits per heavy atom. The molecule has 0 bridgehead atoms. The SMILES string of the molecule is OOBc1cccnc1. The second-order valence-electron chi connectivity index (χ2n) is 1.63. The molecule has 0 aliphatic rings. The molecule has 0 radical (unpaired) electrons. The van der Waals surface area contributed by atoms with Crippen molar-refractivity contribution in [1.82, 2.24) is 4.98 Å². The maximum atomic E-state index is 7.99. The lowest BCUT2D eigenvalue weighted by Crippen LogP contribution is -2.15. The number of aromatic nitrogens is 1. The van der Waals surface area contributed by atoms with E-state index in [0.29, 0.717) is 0 Å². The molecule has 0 fully saturated rings. The van der Waals surface area contributed by atoms with Crippen LogP contribution in [0.2, 0.25) is 0 Å². The highest BCUT2D eigenvalue weighted by Crippen LogP contribution is 1.74. The van der Waals surface area contributed by atoms with Gasteiger partial charge in [-0.2, -0.15) is 0 Å². The average Bonchev–Trinajstić information content (AvgIpc) is 1.91. The van der Waals surface area contributed by atoms with Crippen LogP contribution in [0, 0.1) is 0 Å². The molecule has 4 heteroatoms. The van der Waals surface area contributed by atoms with Crippen molar-refractivity contribution in [2.75, 3.05) is 0 Å². The lowest BCUT2D eigenvalue weighted by Gasteiger charge is -1.90. The van der Waals surface area contributed by atoms with Crippen LogP contribution in [-0.2, 0) is 4.81 Å². The predicted octanol–water partition coefficient (Wildman–Crippen LogP) is -0.452. The molecule has 0 aromatic carbocycles. The summed E-state index contributed by atoms with van der Waals surface area (Å²) < 4.78 is 0. The summed E-state index contributed by atoms with van der Waals surface area (Å²) in [4.78, 5) is 7.70. The van der Waals surface area contributed by atoms with Crippen LogP contribution in [0.25, 0.3) is 0 Å². The first kappa shape index (κ1) is 6.26. The summed E-state index contributed by atoms with van der Waals surface area (Å²) in [6.45, 7) is 0. The van der Waals surface area contributed by atoms with E-state index in [0.717, 1.165) is 5.46 Å². The van der Waals surface area contributed by atoms with E-state index in [1.165, 1.54) is 0 Å². The van der Waals surface area contributed by atoms with E-state index in [1.54, 1.807) is 18.5 Å². The maximum Gasteiger partial charge on any atom is 0.357 e. The Morgan fingerprint density at radius 2 is 2.56 bits per heavy atom. The largest absolute Gasteiger partial charge is 0.357 e. The number of pyridine rings is 1. The summed E-state index contributed by atoms with van der Waals surface area (Å²) in [5.41, 5.74) is 0.861. The van der Waals surface area contributed by atoms with Gasteiger partial charge in [0, 0.05) is 12.4 Å². The van der Waals surface area contributed by atoms with Gasteiger partial charge >= 0.3 is 7.48 Å². The summed E-state index contributed by atoms with van der Waals surface area (Å²) in [6, 6.07) is 3.61. The Bertz CT molecular complexity index is 168. The molecule has 1 heterocycles. The average molecular weight is 123 g/mol. The molecule has 46 valence electrons. The van der Waals surface area contributed by atoms with Gasteiger partial charge in [0.15, 0.2) is 0 Å². The van der Waals surface area contributed by atoms with E-state index >= 15 is 0 Å². The van der Waals surface area contributed by atoms with Crippen LogP contribution in [0.3, 0.4) is 0 Å². The van der Waals surface area contributed by atoms with Gasteiger partial charge in [0.2, 0.25) is 0 Å². The molecule has 1 aromatic rings. The van der Waals surface area contributed by atoms with Crippen molar-refractivity contribution in [1.29, 1.82) is 0 Å². The van der Waals surface area contributed by atoms with Gasteiger partial charge in [-0.25, -0.2) is 0 Å². The molecule has 0 atom stereocenters. The van der Waals surface area contributed by atoms with E-state index in [2.05, 4.69) is 9.79 Å². The van der Waals surface area contributed by atoms with Gasteiger partial charge in [0.25, 0.3) is 0 Å². The van der Waals surface area contributed by atoms with Gasteiger partial charge in [-0.3, -0.25) is 10.2 Å². The van der Waals surface area contributed by atoms with Gasteiger partial charge < -0.3 is 4.81 Å². The van der Waals surface area contributed by atoms with Crippen molar-refractivity contribution >= 4 is 12.9 Å². The molecule has 0 amide bonds. The first-order chi connectivity index (χ1) is 4.43. The Labute approximate surface area is 53.5 Å². The van der Waals surface area contributed by atoms with Crippen molar-refractivity contribution in [3.63, 3.8) is 0 Å². The molecule has 1 aromatic heterocycles. The molecular formula is C5H6BNO2. The van der Waals surface area contributed by atoms with E-state index in [1.807, 2.05) is 6.07 Å². The standard InChI is InChI=1S/C5H6BNO2/c8-9-6-5-2-1-3-7-4-5/h1-4,6,8H. The highest BCUT2D eigenvalue weighted by Gasteiger charge is 1.92. The smallest absolute Gasteiger partial charge is 0.306 e. The quantitative estimate of drug-likeness (QED) is 0.329. The summed E-state index contributed by atoms with van der Waals surface area (Å²) >= 11 is 0. The zero-order chi connectivity index (χ0) is 6.53. The minimum atomic E-state index is 0.202. The molecule has 9 heavy (non-hydrogen) atoms. The number of rotatable bonds is 2. The Morgan fingerprint density at radius 1 is 1.67 bits per heavy atom. The number of nitrogens with zero attached hydrogens (tertiary/aromatic N) is 1. The lowest BCUT2D eigenvalue weighted by molar-refractivity contribution is -0.135. The Kier molecular flexibility index (Phi) is 2.24. The zero-order valence-electron chi connectivity index (χ0n) is 4.82. The van der Waals surface area contributed by atoms with Gasteiger partial charge in [-0.1, -0.05) is 6.07 Å². The number of hydrogen-bond donors (Lipinski definition) is 1. The van der Waals surface area contributed by atoms with Crippen LogP contribution >= 0.6 is 0 Å². The Hall–Kier alpha value is -0.865. The fraction of sp³-hybridized carbons (Fsp3) is 0. The van der Waals surface area contributed by atoms with Crippen LogP contribution < -0.4 is 5.46 Å². The normalized spacial score (nSPS) is 9.00. The van der Waals surface area contributed by atoms with E-state index in [-0.39, 0.29) is 7.48 Å². The van der Waals surface area contributed by atoms with Gasteiger partial charge in [-0.05, 0) is 11.5 Å². The van der Waals surface area contributed by atoms with E-state index < -0.39 is 0 Å². The first-order valence-corrected chi connectivity index (χ1v) is 2.59. The van der Waals surface area contributed by atoms with Crippen molar-refractivity contribution < 1.29 is 10.1 Å². The van der Waals surface area contributed by atoms with Crippen LogP contribution in [0.15, 0.2) is 24.5 Å². The number of hydrogen-bond acceptors (Lipinski definition) is 3. The zero-order valence-corrected chi connectivity index (χ0v) is 4.82.